The number of hydrogen-bond donors (Lipinski definition) is 1. The van der Waals surface area contributed by atoms with Crippen LogP contribution in [0.2, 0.25) is 0 Å². The number of halogens is 1. The van der Waals surface area contributed by atoms with Crippen molar-refractivity contribution in [3.63, 3.8) is 0 Å². The van der Waals surface area contributed by atoms with E-state index >= 15 is 0 Å². The molecule has 1 atom stereocenters. The van der Waals surface area contributed by atoms with E-state index in [0.717, 1.165) is 57.7 Å². The summed E-state index contributed by atoms with van der Waals surface area (Å²) >= 11 is 0. The number of ether oxygens (including phenoxy) is 1. The van der Waals surface area contributed by atoms with Crippen molar-refractivity contribution >= 4 is 47.5 Å². The predicted octanol–water partition coefficient (Wildman–Crippen LogP) is 4.06. The molecule has 2 heterocycles. The molecular formula is C25H37IN4O3. The number of carbonyl (C=O) groups excluding carboxylic acids is 2. The summed E-state index contributed by atoms with van der Waals surface area (Å²) in [5, 5.41) is 3.43. The molecule has 182 valence electrons. The predicted molar refractivity (Wildman–Crippen MR) is 141 cm³/mol. The van der Waals surface area contributed by atoms with E-state index < -0.39 is 0 Å². The number of fused-ring (bicyclic) bond motifs is 1. The van der Waals surface area contributed by atoms with E-state index in [1.165, 1.54) is 24.1 Å². The maximum absolute atomic E-state index is 12.1. The molecular weight excluding hydrogens is 531 g/mol. The smallest absolute Gasteiger partial charge is 0.306 e. The van der Waals surface area contributed by atoms with Gasteiger partial charge in [-0.05, 0) is 56.6 Å². The van der Waals surface area contributed by atoms with Crippen molar-refractivity contribution in [1.29, 1.82) is 0 Å². The third-order valence-corrected chi connectivity index (χ3v) is 6.90. The second kappa shape index (κ2) is 12.6. The number of nitrogens with zero attached hydrogens (tertiary/aromatic N) is 3. The van der Waals surface area contributed by atoms with Gasteiger partial charge in [-0.25, -0.2) is 0 Å². The molecule has 1 aliphatic carbocycles. The number of guanidine groups is 1. The fourth-order valence-corrected chi connectivity index (χ4v) is 5.17. The van der Waals surface area contributed by atoms with Crippen LogP contribution >= 0.6 is 24.0 Å². The van der Waals surface area contributed by atoms with Crippen molar-refractivity contribution in [2.24, 2.45) is 4.99 Å². The highest BCUT2D eigenvalue weighted by Crippen LogP contribution is 2.38. The van der Waals surface area contributed by atoms with E-state index in [2.05, 4.69) is 39.5 Å². The number of hydrogen-bond acceptors (Lipinski definition) is 4. The Morgan fingerprint density at radius 2 is 2.00 bits per heavy atom. The van der Waals surface area contributed by atoms with Crippen molar-refractivity contribution in [3.8, 4) is 0 Å². The Bertz CT molecular complexity index is 841. The monoisotopic (exact) mass is 568 g/mol. The largest absolute Gasteiger partial charge is 0.462 e. The van der Waals surface area contributed by atoms with E-state index in [-0.39, 0.29) is 42.0 Å². The Morgan fingerprint density at radius 3 is 2.73 bits per heavy atom. The minimum atomic E-state index is -0.0864. The van der Waals surface area contributed by atoms with Crippen LogP contribution in [0.4, 0.5) is 5.69 Å². The molecule has 0 radical (unpaired) electrons. The normalized spacial score (nSPS) is 20.7. The fraction of sp³-hybridized carbons (Fsp3) is 0.640. The Labute approximate surface area is 214 Å². The number of esters is 1. The van der Waals surface area contributed by atoms with Crippen molar-refractivity contribution < 1.29 is 14.3 Å². The molecule has 1 amide bonds. The van der Waals surface area contributed by atoms with Gasteiger partial charge in [0.15, 0.2) is 5.96 Å². The zero-order valence-corrected chi connectivity index (χ0v) is 22.0. The number of aliphatic imine (C=N–C) groups is 1. The molecule has 1 saturated carbocycles. The zero-order valence-electron chi connectivity index (χ0n) is 19.6. The van der Waals surface area contributed by atoms with Gasteiger partial charge in [0.25, 0.3) is 0 Å². The highest BCUT2D eigenvalue weighted by atomic mass is 127. The van der Waals surface area contributed by atoms with Gasteiger partial charge < -0.3 is 19.9 Å². The summed E-state index contributed by atoms with van der Waals surface area (Å²) in [6.07, 6.45) is 8.29. The second-order valence-electron chi connectivity index (χ2n) is 9.11. The molecule has 0 aromatic heterocycles. The number of rotatable bonds is 8. The second-order valence-corrected chi connectivity index (χ2v) is 9.11. The highest BCUT2D eigenvalue weighted by molar-refractivity contribution is 14.0. The van der Waals surface area contributed by atoms with Crippen LogP contribution in [-0.4, -0.2) is 62.1 Å². The van der Waals surface area contributed by atoms with Crippen molar-refractivity contribution in [3.05, 3.63) is 29.8 Å². The van der Waals surface area contributed by atoms with E-state index in [9.17, 15) is 9.59 Å². The number of nitrogens with one attached hydrogen (secondary N) is 1. The third kappa shape index (κ3) is 6.61. The van der Waals surface area contributed by atoms with Gasteiger partial charge in [-0.1, -0.05) is 18.2 Å². The van der Waals surface area contributed by atoms with Gasteiger partial charge in [0.1, 0.15) is 6.10 Å². The number of para-hydroxylation sites is 1. The SMILES string of the molecule is CN=C(NCCCC(=O)OC1CCCC1)N1CC(CCN2CCCC2=O)c2ccccc21.I. The Balaban J connectivity index is 0.00000306. The first kappa shape index (κ1) is 25.8. The molecule has 0 bridgehead atoms. The Hall–Kier alpha value is -1.84. The highest BCUT2D eigenvalue weighted by Gasteiger charge is 2.32. The molecule has 1 saturated heterocycles. The number of amides is 1. The van der Waals surface area contributed by atoms with Crippen LogP contribution < -0.4 is 10.2 Å². The lowest BCUT2D eigenvalue weighted by molar-refractivity contribution is -0.148. The molecule has 8 heteroatoms. The fourth-order valence-electron chi connectivity index (χ4n) is 5.17. The van der Waals surface area contributed by atoms with Gasteiger partial charge in [0.2, 0.25) is 5.91 Å². The number of carbonyl (C=O) groups is 2. The molecule has 7 nitrogen and oxygen atoms in total. The summed E-state index contributed by atoms with van der Waals surface area (Å²) in [7, 11) is 1.80. The zero-order chi connectivity index (χ0) is 22.3. The minimum Gasteiger partial charge on any atom is -0.462 e. The van der Waals surface area contributed by atoms with E-state index in [0.29, 0.717) is 25.3 Å². The summed E-state index contributed by atoms with van der Waals surface area (Å²) in [4.78, 5) is 32.8. The van der Waals surface area contributed by atoms with Crippen LogP contribution in [0.25, 0.3) is 0 Å². The Morgan fingerprint density at radius 1 is 1.21 bits per heavy atom. The molecule has 1 aromatic carbocycles. The van der Waals surface area contributed by atoms with Gasteiger partial charge in [-0.3, -0.25) is 14.6 Å². The first-order valence-corrected chi connectivity index (χ1v) is 12.2. The van der Waals surface area contributed by atoms with Crippen LogP contribution in [0, 0.1) is 0 Å². The molecule has 4 rings (SSSR count). The van der Waals surface area contributed by atoms with Crippen molar-refractivity contribution in [2.75, 3.05) is 38.1 Å². The topological polar surface area (TPSA) is 74.2 Å². The number of benzene rings is 1. The summed E-state index contributed by atoms with van der Waals surface area (Å²) in [6, 6.07) is 8.48. The minimum absolute atomic E-state index is 0. The van der Waals surface area contributed by atoms with Crippen LogP contribution in [0.5, 0.6) is 0 Å². The van der Waals surface area contributed by atoms with Crippen LogP contribution in [0.15, 0.2) is 29.3 Å². The van der Waals surface area contributed by atoms with Gasteiger partial charge in [0, 0.05) is 57.7 Å². The molecule has 3 aliphatic rings. The molecule has 2 fully saturated rings. The molecule has 33 heavy (non-hydrogen) atoms. The molecule has 0 spiro atoms. The lowest BCUT2D eigenvalue weighted by atomic mass is 9.98. The molecule has 1 N–H and O–H groups in total. The van der Waals surface area contributed by atoms with Crippen LogP contribution in [0.1, 0.15) is 69.3 Å². The lowest BCUT2D eigenvalue weighted by Crippen LogP contribution is -2.41. The standard InChI is InChI=1S/C25H36N4O3.HI/c1-26-25(27-15-6-13-24(31)32-20-8-2-3-9-20)29-18-19(21-10-4-5-11-22(21)29)14-17-28-16-7-12-23(28)30;/h4-5,10-11,19-20H,2-3,6-9,12-18H2,1H3,(H,26,27);1H. The summed E-state index contributed by atoms with van der Waals surface area (Å²) in [6.45, 7) is 3.24. The number of anilines is 1. The van der Waals surface area contributed by atoms with Gasteiger partial charge in [0.05, 0.1) is 0 Å². The van der Waals surface area contributed by atoms with E-state index in [1.54, 1.807) is 7.05 Å². The first-order valence-electron chi connectivity index (χ1n) is 12.2. The van der Waals surface area contributed by atoms with Crippen LogP contribution in [0.3, 0.4) is 0 Å². The van der Waals surface area contributed by atoms with E-state index in [4.69, 9.17) is 4.74 Å². The maximum atomic E-state index is 12.1. The maximum Gasteiger partial charge on any atom is 0.306 e. The lowest BCUT2D eigenvalue weighted by Gasteiger charge is -2.23. The average Bonchev–Trinajstić information content (AvgIpc) is 3.53. The van der Waals surface area contributed by atoms with Crippen LogP contribution in [-0.2, 0) is 14.3 Å². The Kier molecular flexibility index (Phi) is 9.82. The summed E-state index contributed by atoms with van der Waals surface area (Å²) in [5.41, 5.74) is 2.50. The summed E-state index contributed by atoms with van der Waals surface area (Å²) in [5.74, 6) is 1.41. The van der Waals surface area contributed by atoms with E-state index in [1.807, 2.05) is 4.90 Å². The summed E-state index contributed by atoms with van der Waals surface area (Å²) < 4.78 is 5.55. The molecule has 2 aliphatic heterocycles. The quantitative estimate of drug-likeness (QED) is 0.168. The number of likely N-dealkylation sites (tertiary alicyclic amines) is 1. The molecule has 1 aromatic rings. The van der Waals surface area contributed by atoms with Crippen molar-refractivity contribution in [1.82, 2.24) is 10.2 Å². The van der Waals surface area contributed by atoms with Gasteiger partial charge in [-0.2, -0.15) is 0 Å². The third-order valence-electron chi connectivity index (χ3n) is 6.90. The van der Waals surface area contributed by atoms with Gasteiger partial charge >= 0.3 is 5.97 Å². The first-order chi connectivity index (χ1) is 15.7. The van der Waals surface area contributed by atoms with Gasteiger partial charge in [-0.15, -0.1) is 24.0 Å². The average molecular weight is 569 g/mol. The van der Waals surface area contributed by atoms with Crippen molar-refractivity contribution in [2.45, 2.75) is 69.8 Å². The molecule has 1 unspecified atom stereocenters.